The second kappa shape index (κ2) is 36.9. The highest BCUT2D eigenvalue weighted by molar-refractivity contribution is 6.28. The average molecular weight is 1860 g/mol. The molecule has 8 heterocycles. The van der Waals surface area contributed by atoms with Crippen molar-refractivity contribution in [2.75, 3.05) is 4.90 Å². The maximum atomic E-state index is 8.24. The third-order valence-corrected chi connectivity index (χ3v) is 28.2. The Morgan fingerprint density at radius 3 is 1.08 bits per heavy atom. The van der Waals surface area contributed by atoms with E-state index in [2.05, 4.69) is 507 Å². The molecule has 0 unspecified atom stereocenters. The number of aromatic nitrogens is 8. The van der Waals surface area contributed by atoms with Gasteiger partial charge in [-0.25, -0.2) is 15.0 Å². The molecule has 0 atom stereocenters. The molecular weight excluding hydrogens is 1770 g/mol. The van der Waals surface area contributed by atoms with Crippen molar-refractivity contribution in [3.8, 4) is 89.8 Å². The van der Waals surface area contributed by atoms with Crippen LogP contribution in [0.25, 0.3) is 233 Å². The van der Waals surface area contributed by atoms with Gasteiger partial charge >= 0.3 is 0 Å². The molecular formula is C134H90N10O. The first-order valence-electron chi connectivity index (χ1n) is 49.0. The van der Waals surface area contributed by atoms with E-state index in [1.54, 1.807) is 0 Å². The van der Waals surface area contributed by atoms with Gasteiger partial charge in [0, 0.05) is 136 Å². The zero-order valence-electron chi connectivity index (χ0n) is 78.8. The van der Waals surface area contributed by atoms with Crippen LogP contribution in [0.5, 0.6) is 0 Å². The van der Waals surface area contributed by atoms with Crippen LogP contribution < -0.4 is 4.90 Å². The van der Waals surface area contributed by atoms with Gasteiger partial charge in [-0.2, -0.15) is 0 Å². The lowest BCUT2D eigenvalue weighted by Gasteiger charge is -2.25. The zero-order valence-corrected chi connectivity index (χ0v) is 78.8. The number of nitrogens with one attached hydrogen (secondary N) is 1. The maximum Gasteiger partial charge on any atom is 0.234 e. The van der Waals surface area contributed by atoms with E-state index in [1.807, 2.05) is 55.0 Å². The number of anilines is 3. The predicted molar refractivity (Wildman–Crippen MR) is 606 cm³/mol. The Balaban J connectivity index is 0.000000111. The van der Waals surface area contributed by atoms with Gasteiger partial charge in [0.15, 0.2) is 0 Å². The average Bonchev–Trinajstić information content (AvgIpc) is 1.54. The van der Waals surface area contributed by atoms with E-state index in [0.29, 0.717) is 5.95 Å². The highest BCUT2D eigenvalue weighted by atomic mass is 16.3. The van der Waals surface area contributed by atoms with E-state index >= 15 is 0 Å². The number of furan rings is 1. The van der Waals surface area contributed by atoms with E-state index in [0.717, 1.165) is 117 Å². The summed E-state index contributed by atoms with van der Waals surface area (Å²) in [6.07, 6.45) is 13.5. The molecule has 0 aliphatic heterocycles. The maximum absolute atomic E-state index is 8.24. The standard InChI is InChI=1S/C47H33N3.C46H30N4.C41H27N3O/c48-32-38(37-23-21-35(22-24-37)33-12-3-1-4-13-33)16-11-31-49-43-19-9-7-17-40(43)41-29-30-45-46(47(41)49)42-18-8-10-20-44(42)50(45)39-27-25-36(26-28-39)34-14-5-2-6-15-34;1-3-11-31(12-4-1)33-19-21-35(22-20-33)36-29-47-46(48-30-36)50-42-18-10-8-16-40(42)44-43(50)28-27-39-38-15-7-9-17-41(38)49(45(39)44)37-25-23-34(24-26-37)32-13-5-2-6-14-32;1-2-10-28(11-3-1)29-18-25-41(42-27-29)43(32-23-24-36-35-14-6-9-17-39(35)45-40(36)26-32)30-19-21-31(22-20-30)44-37-15-7-4-12-33(37)34-13-5-8-16-38(34)44/h1-32,48H;1-30H;1-27H/b31-11+,38-16+,48-32?;;. The number of nitrogens with zero attached hydrogens (tertiary/aromatic N) is 9. The third kappa shape index (κ3) is 15.5. The van der Waals surface area contributed by atoms with E-state index in [-0.39, 0.29) is 0 Å². The van der Waals surface area contributed by atoms with E-state index in [1.165, 1.54) is 132 Å². The molecule has 0 aliphatic rings. The minimum atomic E-state index is 0.648. The van der Waals surface area contributed by atoms with Gasteiger partial charge in [0.1, 0.15) is 17.0 Å². The summed E-state index contributed by atoms with van der Waals surface area (Å²) in [5.41, 5.74) is 34.3. The van der Waals surface area contributed by atoms with Gasteiger partial charge < -0.3 is 28.1 Å². The number of allylic oxidation sites excluding steroid dienone is 3. The van der Waals surface area contributed by atoms with Crippen molar-refractivity contribution >= 4 is 166 Å². The third-order valence-electron chi connectivity index (χ3n) is 28.2. The van der Waals surface area contributed by atoms with Crippen molar-refractivity contribution in [2.24, 2.45) is 0 Å². The first-order chi connectivity index (χ1) is 71.9. The van der Waals surface area contributed by atoms with Crippen LogP contribution >= 0.6 is 0 Å². The van der Waals surface area contributed by atoms with Crippen LogP contribution in [0, 0.1) is 5.41 Å². The highest BCUT2D eigenvalue weighted by Crippen LogP contribution is 2.47. The van der Waals surface area contributed by atoms with Gasteiger partial charge in [-0.3, -0.25) is 9.47 Å². The van der Waals surface area contributed by atoms with Crippen LogP contribution in [-0.2, 0) is 0 Å². The molecule has 20 aromatic carbocycles. The van der Waals surface area contributed by atoms with Crippen molar-refractivity contribution in [3.63, 3.8) is 0 Å². The lowest BCUT2D eigenvalue weighted by atomic mass is 10.0. The van der Waals surface area contributed by atoms with E-state index in [4.69, 9.17) is 24.8 Å². The molecule has 8 aromatic heterocycles. The quantitative estimate of drug-likeness (QED) is 0.0723. The normalized spacial score (nSPS) is 11.8. The molecule has 1 N–H and O–H groups in total. The van der Waals surface area contributed by atoms with Crippen LogP contribution in [0.3, 0.4) is 0 Å². The predicted octanol–water partition coefficient (Wildman–Crippen LogP) is 35.3. The molecule has 682 valence electrons. The van der Waals surface area contributed by atoms with Gasteiger partial charge in [-0.15, -0.1) is 0 Å². The van der Waals surface area contributed by atoms with E-state index in [9.17, 15) is 0 Å². The number of para-hydroxylation sites is 7. The summed E-state index contributed by atoms with van der Waals surface area (Å²) in [4.78, 5) is 17.1. The lowest BCUT2D eigenvalue weighted by molar-refractivity contribution is 0.669. The van der Waals surface area contributed by atoms with Gasteiger partial charge in [0.25, 0.3) is 0 Å². The fourth-order valence-electron chi connectivity index (χ4n) is 21.4. The number of hydrogen-bond acceptors (Lipinski definition) is 6. The van der Waals surface area contributed by atoms with Gasteiger partial charge in [0.05, 0.1) is 60.9 Å². The molecule has 28 aromatic rings. The summed E-state index contributed by atoms with van der Waals surface area (Å²) in [6, 6.07) is 176. The Hall–Kier alpha value is -19.6. The summed E-state index contributed by atoms with van der Waals surface area (Å²) < 4.78 is 18.0. The van der Waals surface area contributed by atoms with E-state index < -0.39 is 0 Å². The molecule has 28 rings (SSSR count). The number of hydrogen-bond donors (Lipinski definition) is 1. The van der Waals surface area contributed by atoms with Crippen molar-refractivity contribution in [1.82, 2.24) is 37.8 Å². The second-order valence-corrected chi connectivity index (χ2v) is 36.5. The fourth-order valence-corrected chi connectivity index (χ4v) is 21.4. The molecule has 0 radical (unpaired) electrons. The first-order valence-corrected chi connectivity index (χ1v) is 49.0. The van der Waals surface area contributed by atoms with Crippen LogP contribution in [-0.4, -0.2) is 44.0 Å². The molecule has 0 amide bonds. The SMILES string of the molecule is N=C/C(=C\C=C\n1c2ccccc2c2ccc3c(c4ccccc4n3-c3ccc(-c4ccccc4)cc3)c21)c1ccc(-c2ccccc2)cc1.c1ccc(-c2ccc(-c3cnc(-n4c5ccccc5c5c4ccc4c6ccccc6n(-c6ccc(-c7ccccc7)cc6)c45)nc3)cc2)cc1.c1ccc(-c2ccc(N(c3ccc(-n4c5ccccc5c5ccccc54)cc3)c3ccc4c(c3)oc3ccccc34)nc2)cc1. The highest BCUT2D eigenvalue weighted by Gasteiger charge is 2.26. The number of benzene rings is 20. The van der Waals surface area contributed by atoms with Gasteiger partial charge in [-0.05, 0) is 200 Å². The Labute approximate surface area is 836 Å². The smallest absolute Gasteiger partial charge is 0.234 e. The number of rotatable bonds is 17. The summed E-state index contributed by atoms with van der Waals surface area (Å²) in [7, 11) is 0. The topological polar surface area (TPSA) is 104 Å². The molecule has 0 aliphatic carbocycles. The molecule has 0 fully saturated rings. The zero-order chi connectivity index (χ0) is 96.2. The van der Waals surface area contributed by atoms with Gasteiger partial charge in [0.2, 0.25) is 5.95 Å². The fraction of sp³-hybridized carbons (Fsp3) is 0. The summed E-state index contributed by atoms with van der Waals surface area (Å²) in [5.74, 6) is 1.48. The lowest BCUT2D eigenvalue weighted by Crippen LogP contribution is -2.11. The minimum absolute atomic E-state index is 0.648. The van der Waals surface area contributed by atoms with Crippen molar-refractivity contribution in [3.05, 3.63) is 534 Å². The Morgan fingerprint density at radius 2 is 0.579 bits per heavy atom. The number of fused-ring (bicyclic) bond motifs is 20. The van der Waals surface area contributed by atoms with Crippen LogP contribution in [0.2, 0.25) is 0 Å². The molecule has 0 saturated carbocycles. The van der Waals surface area contributed by atoms with Crippen molar-refractivity contribution in [1.29, 1.82) is 5.41 Å². The van der Waals surface area contributed by atoms with Crippen LogP contribution in [0.4, 0.5) is 17.2 Å². The minimum Gasteiger partial charge on any atom is -0.456 e. The Kier molecular flexibility index (Phi) is 21.9. The second-order valence-electron chi connectivity index (χ2n) is 36.5. The van der Waals surface area contributed by atoms with Crippen molar-refractivity contribution < 1.29 is 4.42 Å². The Morgan fingerprint density at radius 1 is 0.241 bits per heavy atom. The molecule has 145 heavy (non-hydrogen) atoms. The van der Waals surface area contributed by atoms with Crippen molar-refractivity contribution in [2.45, 2.75) is 0 Å². The summed E-state index contributed by atoms with van der Waals surface area (Å²) in [5, 5.41) is 22.6. The van der Waals surface area contributed by atoms with Crippen LogP contribution in [0.15, 0.2) is 533 Å². The monoisotopic (exact) mass is 1850 g/mol. The molecule has 11 nitrogen and oxygen atoms in total. The number of pyridine rings is 1. The summed E-state index contributed by atoms with van der Waals surface area (Å²) >= 11 is 0. The molecule has 0 bridgehead atoms. The molecule has 11 heteroatoms. The van der Waals surface area contributed by atoms with Gasteiger partial charge in [-0.1, -0.05) is 370 Å². The molecule has 0 saturated heterocycles. The Bertz CT molecular complexity index is 9760. The largest absolute Gasteiger partial charge is 0.456 e. The first kappa shape index (κ1) is 85.8. The molecule has 0 spiro atoms. The van der Waals surface area contributed by atoms with Crippen LogP contribution in [0.1, 0.15) is 5.56 Å². The summed E-state index contributed by atoms with van der Waals surface area (Å²) in [6.45, 7) is 0.